The van der Waals surface area contributed by atoms with Gasteiger partial charge in [-0.25, -0.2) is 0 Å². The van der Waals surface area contributed by atoms with Crippen molar-refractivity contribution < 1.29 is 14.3 Å². The Bertz CT molecular complexity index is 701. The van der Waals surface area contributed by atoms with E-state index in [1.807, 2.05) is 36.4 Å². The fourth-order valence-electron chi connectivity index (χ4n) is 3.37. The maximum Gasteiger partial charge on any atom is 0.221 e. The van der Waals surface area contributed by atoms with E-state index in [0.29, 0.717) is 12.8 Å². The molecule has 3 rings (SSSR count). The topological polar surface area (TPSA) is 47.6 Å². The number of amides is 1. The second-order valence-corrected chi connectivity index (χ2v) is 6.57. The van der Waals surface area contributed by atoms with Crippen LogP contribution in [0.3, 0.4) is 0 Å². The molecule has 1 amide bonds. The zero-order valence-corrected chi connectivity index (χ0v) is 14.9. The molecule has 4 nitrogen and oxygen atoms in total. The molecule has 1 aliphatic carbocycles. The number of aryl methyl sites for hydroxylation is 1. The van der Waals surface area contributed by atoms with Crippen LogP contribution < -0.4 is 14.8 Å². The maximum atomic E-state index is 12.5. The van der Waals surface area contributed by atoms with Crippen molar-refractivity contribution in [2.75, 3.05) is 14.2 Å². The van der Waals surface area contributed by atoms with Crippen molar-refractivity contribution in [3.63, 3.8) is 0 Å². The Morgan fingerprint density at radius 3 is 2.20 bits per heavy atom. The van der Waals surface area contributed by atoms with Gasteiger partial charge in [0, 0.05) is 12.5 Å². The van der Waals surface area contributed by atoms with Crippen molar-refractivity contribution in [1.82, 2.24) is 5.32 Å². The average molecular weight is 339 g/mol. The van der Waals surface area contributed by atoms with Gasteiger partial charge in [-0.2, -0.15) is 0 Å². The first-order valence-electron chi connectivity index (χ1n) is 8.74. The monoisotopic (exact) mass is 339 g/mol. The van der Waals surface area contributed by atoms with Crippen LogP contribution in [0.4, 0.5) is 0 Å². The van der Waals surface area contributed by atoms with Gasteiger partial charge in [-0.05, 0) is 48.9 Å². The third-order valence-corrected chi connectivity index (χ3v) is 4.96. The van der Waals surface area contributed by atoms with Gasteiger partial charge >= 0.3 is 0 Å². The number of ether oxygens (including phenoxy) is 2. The van der Waals surface area contributed by atoms with Gasteiger partial charge in [-0.1, -0.05) is 30.3 Å². The second kappa shape index (κ2) is 7.60. The predicted molar refractivity (Wildman–Crippen MR) is 98.0 cm³/mol. The molecule has 25 heavy (non-hydrogen) atoms. The molecule has 2 aromatic rings. The van der Waals surface area contributed by atoms with Gasteiger partial charge in [-0.3, -0.25) is 4.79 Å². The number of hydrogen-bond donors (Lipinski definition) is 1. The highest BCUT2D eigenvalue weighted by molar-refractivity contribution is 5.77. The molecular formula is C21H25NO3. The molecule has 1 aliphatic rings. The summed E-state index contributed by atoms with van der Waals surface area (Å²) >= 11 is 0. The molecule has 132 valence electrons. The van der Waals surface area contributed by atoms with Crippen molar-refractivity contribution in [2.45, 2.75) is 37.6 Å². The van der Waals surface area contributed by atoms with Crippen molar-refractivity contribution in [3.05, 3.63) is 59.7 Å². The zero-order chi connectivity index (χ0) is 17.7. The van der Waals surface area contributed by atoms with Crippen LogP contribution in [0.25, 0.3) is 0 Å². The van der Waals surface area contributed by atoms with Gasteiger partial charge in [-0.15, -0.1) is 0 Å². The zero-order valence-electron chi connectivity index (χ0n) is 14.9. The molecule has 0 saturated heterocycles. The van der Waals surface area contributed by atoms with Gasteiger partial charge in [0.05, 0.1) is 19.8 Å². The van der Waals surface area contributed by atoms with Crippen LogP contribution in [0.1, 0.15) is 36.8 Å². The third-order valence-electron chi connectivity index (χ3n) is 4.96. The standard InChI is InChI=1S/C21H25NO3/c1-24-18-13-16(14-19(15-18)25-2)9-10-20(23)22-21(11-6-12-21)17-7-4-3-5-8-17/h3-5,7-8,13-15H,6,9-12H2,1-2H3,(H,22,23). The van der Waals surface area contributed by atoms with Crippen LogP contribution in [-0.2, 0) is 16.8 Å². The van der Waals surface area contributed by atoms with E-state index in [-0.39, 0.29) is 11.4 Å². The summed E-state index contributed by atoms with van der Waals surface area (Å²) in [5.41, 5.74) is 2.07. The normalized spacial score (nSPS) is 15.1. The third kappa shape index (κ3) is 3.95. The first-order valence-corrected chi connectivity index (χ1v) is 8.74. The Morgan fingerprint density at radius 2 is 1.68 bits per heavy atom. The minimum Gasteiger partial charge on any atom is -0.497 e. The molecule has 0 spiro atoms. The van der Waals surface area contributed by atoms with Crippen molar-refractivity contribution >= 4 is 5.91 Å². The summed E-state index contributed by atoms with van der Waals surface area (Å²) in [7, 11) is 3.26. The predicted octanol–water partition coefficient (Wildman–Crippen LogP) is 3.83. The molecule has 0 bridgehead atoms. The van der Waals surface area contributed by atoms with Crippen molar-refractivity contribution in [2.24, 2.45) is 0 Å². The number of benzene rings is 2. The summed E-state index contributed by atoms with van der Waals surface area (Å²) in [4.78, 5) is 12.5. The molecule has 0 radical (unpaired) electrons. The highest BCUT2D eigenvalue weighted by Crippen LogP contribution is 2.41. The second-order valence-electron chi connectivity index (χ2n) is 6.57. The largest absolute Gasteiger partial charge is 0.497 e. The number of carbonyl (C=O) groups is 1. The summed E-state index contributed by atoms with van der Waals surface area (Å²) in [5, 5.41) is 3.27. The molecule has 0 atom stereocenters. The van der Waals surface area contributed by atoms with E-state index in [1.54, 1.807) is 14.2 Å². The maximum absolute atomic E-state index is 12.5. The van der Waals surface area contributed by atoms with Crippen molar-refractivity contribution in [3.8, 4) is 11.5 Å². The van der Waals surface area contributed by atoms with Gasteiger partial charge in [0.2, 0.25) is 5.91 Å². The van der Waals surface area contributed by atoms with E-state index < -0.39 is 0 Å². The minimum absolute atomic E-state index is 0.0883. The Kier molecular flexibility index (Phi) is 5.27. The summed E-state index contributed by atoms with van der Waals surface area (Å²) in [6.45, 7) is 0. The lowest BCUT2D eigenvalue weighted by atomic mass is 9.71. The van der Waals surface area contributed by atoms with Gasteiger partial charge < -0.3 is 14.8 Å². The average Bonchev–Trinajstić information content (AvgIpc) is 2.63. The summed E-state index contributed by atoms with van der Waals surface area (Å²) in [5.74, 6) is 1.58. The van der Waals surface area contributed by atoms with Crippen LogP contribution in [0.15, 0.2) is 48.5 Å². The SMILES string of the molecule is COc1cc(CCC(=O)NC2(c3ccccc3)CCC2)cc(OC)c1. The molecule has 0 heterocycles. The summed E-state index contributed by atoms with van der Waals surface area (Å²) in [6.07, 6.45) is 4.28. The first-order chi connectivity index (χ1) is 12.1. The van der Waals surface area contributed by atoms with Crippen LogP contribution in [0, 0.1) is 0 Å². The van der Waals surface area contributed by atoms with Crippen LogP contribution >= 0.6 is 0 Å². The number of hydrogen-bond acceptors (Lipinski definition) is 3. The number of carbonyl (C=O) groups excluding carboxylic acids is 1. The van der Waals surface area contributed by atoms with Crippen LogP contribution in [0.5, 0.6) is 11.5 Å². The van der Waals surface area contributed by atoms with Gasteiger partial charge in [0.25, 0.3) is 0 Å². The van der Waals surface area contributed by atoms with E-state index in [0.717, 1.165) is 36.3 Å². The Hall–Kier alpha value is -2.49. The van der Waals surface area contributed by atoms with Gasteiger partial charge in [0.15, 0.2) is 0 Å². The number of nitrogens with one attached hydrogen (secondary N) is 1. The molecule has 0 unspecified atom stereocenters. The molecule has 1 saturated carbocycles. The highest BCUT2D eigenvalue weighted by atomic mass is 16.5. The number of methoxy groups -OCH3 is 2. The van der Waals surface area contributed by atoms with Crippen LogP contribution in [0.2, 0.25) is 0 Å². The first kappa shape index (κ1) is 17.3. The lowest BCUT2D eigenvalue weighted by molar-refractivity contribution is -0.124. The highest BCUT2D eigenvalue weighted by Gasteiger charge is 2.39. The van der Waals surface area contributed by atoms with E-state index in [2.05, 4.69) is 17.4 Å². The van der Waals surface area contributed by atoms with E-state index in [4.69, 9.17) is 9.47 Å². The fraction of sp³-hybridized carbons (Fsp3) is 0.381. The van der Waals surface area contributed by atoms with E-state index in [1.165, 1.54) is 5.56 Å². The molecule has 0 aromatic heterocycles. The molecule has 1 N–H and O–H groups in total. The van der Waals surface area contributed by atoms with Crippen molar-refractivity contribution in [1.29, 1.82) is 0 Å². The molecule has 2 aromatic carbocycles. The van der Waals surface area contributed by atoms with E-state index >= 15 is 0 Å². The quantitative estimate of drug-likeness (QED) is 0.834. The summed E-state index contributed by atoms with van der Waals surface area (Å²) in [6, 6.07) is 16.0. The Balaban J connectivity index is 1.63. The lowest BCUT2D eigenvalue weighted by Gasteiger charge is -2.43. The molecule has 0 aliphatic heterocycles. The van der Waals surface area contributed by atoms with Crippen LogP contribution in [-0.4, -0.2) is 20.1 Å². The Labute approximate surface area is 149 Å². The summed E-state index contributed by atoms with van der Waals surface area (Å²) < 4.78 is 10.6. The molecule has 1 fully saturated rings. The molecular weight excluding hydrogens is 314 g/mol. The number of rotatable bonds is 7. The minimum atomic E-state index is -0.176. The smallest absolute Gasteiger partial charge is 0.221 e. The molecule has 4 heteroatoms. The lowest BCUT2D eigenvalue weighted by Crippen LogP contribution is -2.50. The van der Waals surface area contributed by atoms with Gasteiger partial charge in [0.1, 0.15) is 11.5 Å². The Morgan fingerprint density at radius 1 is 1.04 bits per heavy atom. The fourth-order valence-corrected chi connectivity index (χ4v) is 3.37. The van der Waals surface area contributed by atoms with E-state index in [9.17, 15) is 4.79 Å².